The van der Waals surface area contributed by atoms with Gasteiger partial charge in [-0.15, -0.1) is 24.0 Å². The minimum Gasteiger partial charge on any atom is -0.444 e. The zero-order chi connectivity index (χ0) is 14.4. The standard InChI is InChI=1S/C15H24N4O.HI/c1-11-12(2)20-14(19-11)10-18-15(16-3)17-9-8-13-6-4-5-7-13;/h6H,4-5,7-10H2,1-3H3,(H2,16,17,18);1H. The molecular formula is C15H25IN4O. The third-order valence-corrected chi connectivity index (χ3v) is 3.58. The number of hydrogen-bond acceptors (Lipinski definition) is 3. The summed E-state index contributed by atoms with van der Waals surface area (Å²) in [6.45, 7) is 5.34. The molecule has 0 amide bonds. The van der Waals surface area contributed by atoms with E-state index < -0.39 is 0 Å². The van der Waals surface area contributed by atoms with Crippen LogP contribution in [0, 0.1) is 13.8 Å². The van der Waals surface area contributed by atoms with E-state index in [9.17, 15) is 0 Å². The highest BCUT2D eigenvalue weighted by Crippen LogP contribution is 2.19. The van der Waals surface area contributed by atoms with Crippen LogP contribution in [0.15, 0.2) is 21.1 Å². The van der Waals surface area contributed by atoms with Gasteiger partial charge in [-0.1, -0.05) is 11.6 Å². The number of halogens is 1. The molecule has 0 saturated carbocycles. The van der Waals surface area contributed by atoms with Gasteiger partial charge in [0.25, 0.3) is 0 Å². The topological polar surface area (TPSA) is 62.5 Å². The number of guanidine groups is 1. The molecule has 1 aliphatic carbocycles. The molecule has 2 rings (SSSR count). The van der Waals surface area contributed by atoms with Crippen LogP contribution in [-0.4, -0.2) is 24.5 Å². The molecule has 1 aromatic heterocycles. The van der Waals surface area contributed by atoms with Gasteiger partial charge in [-0.25, -0.2) is 4.98 Å². The Bertz CT molecular complexity index is 488. The first-order valence-corrected chi connectivity index (χ1v) is 7.24. The number of nitrogens with zero attached hydrogens (tertiary/aromatic N) is 2. The van der Waals surface area contributed by atoms with Gasteiger partial charge in [0.15, 0.2) is 5.96 Å². The van der Waals surface area contributed by atoms with E-state index in [0.29, 0.717) is 12.4 Å². The van der Waals surface area contributed by atoms with Gasteiger partial charge in [-0.3, -0.25) is 4.99 Å². The van der Waals surface area contributed by atoms with Crippen LogP contribution >= 0.6 is 24.0 Å². The smallest absolute Gasteiger partial charge is 0.214 e. The van der Waals surface area contributed by atoms with Gasteiger partial charge >= 0.3 is 0 Å². The molecule has 0 fully saturated rings. The van der Waals surface area contributed by atoms with Gasteiger partial charge < -0.3 is 15.1 Å². The average Bonchev–Trinajstić information content (AvgIpc) is 3.05. The van der Waals surface area contributed by atoms with Crippen molar-refractivity contribution in [3.63, 3.8) is 0 Å². The Balaban J connectivity index is 0.00000220. The molecule has 0 aliphatic heterocycles. The molecule has 2 N–H and O–H groups in total. The van der Waals surface area contributed by atoms with Crippen molar-refractivity contribution in [1.82, 2.24) is 15.6 Å². The summed E-state index contributed by atoms with van der Waals surface area (Å²) in [6.07, 6.45) is 7.26. The van der Waals surface area contributed by atoms with E-state index in [1.54, 1.807) is 12.6 Å². The molecule has 1 aromatic rings. The van der Waals surface area contributed by atoms with Crippen LogP contribution in [0.4, 0.5) is 0 Å². The quantitative estimate of drug-likeness (QED) is 0.343. The van der Waals surface area contributed by atoms with Crippen molar-refractivity contribution in [1.29, 1.82) is 0 Å². The predicted octanol–water partition coefficient (Wildman–Crippen LogP) is 3.07. The summed E-state index contributed by atoms with van der Waals surface area (Å²) >= 11 is 0. The van der Waals surface area contributed by atoms with Crippen molar-refractivity contribution in [3.8, 4) is 0 Å². The molecule has 0 bridgehead atoms. The van der Waals surface area contributed by atoms with E-state index in [-0.39, 0.29) is 24.0 Å². The van der Waals surface area contributed by atoms with Crippen molar-refractivity contribution in [2.24, 2.45) is 4.99 Å². The fourth-order valence-corrected chi connectivity index (χ4v) is 2.30. The van der Waals surface area contributed by atoms with Crippen LogP contribution in [0.5, 0.6) is 0 Å². The summed E-state index contributed by atoms with van der Waals surface area (Å²) in [4.78, 5) is 8.54. The molecule has 0 radical (unpaired) electrons. The highest BCUT2D eigenvalue weighted by molar-refractivity contribution is 14.0. The first kappa shape index (κ1) is 18.0. The van der Waals surface area contributed by atoms with Gasteiger partial charge in [0.2, 0.25) is 5.89 Å². The molecule has 118 valence electrons. The van der Waals surface area contributed by atoms with Crippen LogP contribution in [0.25, 0.3) is 0 Å². The lowest BCUT2D eigenvalue weighted by Crippen LogP contribution is -2.37. The number of aromatic nitrogens is 1. The van der Waals surface area contributed by atoms with Gasteiger partial charge in [0.05, 0.1) is 12.2 Å². The maximum atomic E-state index is 5.53. The fraction of sp³-hybridized carbons (Fsp3) is 0.600. The molecule has 0 unspecified atom stereocenters. The molecule has 1 aliphatic rings. The molecule has 5 nitrogen and oxygen atoms in total. The summed E-state index contributed by atoms with van der Waals surface area (Å²) in [7, 11) is 1.77. The summed E-state index contributed by atoms with van der Waals surface area (Å²) in [6, 6.07) is 0. The van der Waals surface area contributed by atoms with E-state index >= 15 is 0 Å². The Hall–Kier alpha value is -1.05. The van der Waals surface area contributed by atoms with Crippen molar-refractivity contribution < 1.29 is 4.42 Å². The van der Waals surface area contributed by atoms with Gasteiger partial charge in [0.1, 0.15) is 5.76 Å². The maximum absolute atomic E-state index is 5.53. The Morgan fingerprint density at radius 3 is 2.76 bits per heavy atom. The number of aryl methyl sites for hydroxylation is 2. The minimum atomic E-state index is 0. The highest BCUT2D eigenvalue weighted by Gasteiger charge is 2.07. The Kier molecular flexibility index (Phi) is 7.77. The van der Waals surface area contributed by atoms with Crippen LogP contribution < -0.4 is 10.6 Å². The second kappa shape index (κ2) is 9.07. The lowest BCUT2D eigenvalue weighted by molar-refractivity contribution is 0.463. The summed E-state index contributed by atoms with van der Waals surface area (Å²) in [5.41, 5.74) is 2.50. The maximum Gasteiger partial charge on any atom is 0.214 e. The van der Waals surface area contributed by atoms with E-state index in [1.165, 1.54) is 19.3 Å². The molecule has 0 aromatic carbocycles. The number of aliphatic imine (C=N–C) groups is 1. The van der Waals surface area contributed by atoms with Crippen LogP contribution in [0.1, 0.15) is 43.0 Å². The summed E-state index contributed by atoms with van der Waals surface area (Å²) < 4.78 is 5.53. The zero-order valence-electron chi connectivity index (χ0n) is 13.0. The predicted molar refractivity (Wildman–Crippen MR) is 96.1 cm³/mol. The molecule has 0 saturated heterocycles. The third-order valence-electron chi connectivity index (χ3n) is 3.58. The van der Waals surface area contributed by atoms with Crippen molar-refractivity contribution >= 4 is 29.9 Å². The number of hydrogen-bond donors (Lipinski definition) is 2. The van der Waals surface area contributed by atoms with Crippen molar-refractivity contribution in [2.45, 2.75) is 46.1 Å². The Labute approximate surface area is 143 Å². The first-order valence-electron chi connectivity index (χ1n) is 7.24. The van der Waals surface area contributed by atoms with Crippen molar-refractivity contribution in [3.05, 3.63) is 29.0 Å². The summed E-state index contributed by atoms with van der Waals surface area (Å²) in [5.74, 6) is 2.36. The Morgan fingerprint density at radius 1 is 1.38 bits per heavy atom. The van der Waals surface area contributed by atoms with E-state index in [4.69, 9.17) is 4.42 Å². The first-order chi connectivity index (χ1) is 9.69. The normalized spacial score (nSPS) is 14.6. The van der Waals surface area contributed by atoms with Crippen LogP contribution in [0.3, 0.4) is 0 Å². The molecular weight excluding hydrogens is 379 g/mol. The fourth-order valence-electron chi connectivity index (χ4n) is 2.30. The summed E-state index contributed by atoms with van der Waals surface area (Å²) in [5, 5.41) is 6.53. The van der Waals surface area contributed by atoms with Gasteiger partial charge in [0, 0.05) is 13.6 Å². The highest BCUT2D eigenvalue weighted by atomic mass is 127. The van der Waals surface area contributed by atoms with Gasteiger partial charge in [-0.2, -0.15) is 0 Å². The third kappa shape index (κ3) is 5.68. The second-order valence-electron chi connectivity index (χ2n) is 5.11. The SMILES string of the molecule is CN=C(NCCC1=CCCC1)NCc1nc(C)c(C)o1.I. The van der Waals surface area contributed by atoms with E-state index in [2.05, 4.69) is 26.7 Å². The number of allylic oxidation sites excluding steroid dienone is 1. The number of nitrogens with one attached hydrogen (secondary N) is 2. The molecule has 0 spiro atoms. The van der Waals surface area contributed by atoms with Crippen LogP contribution in [-0.2, 0) is 6.54 Å². The number of oxazole rings is 1. The Morgan fingerprint density at radius 2 is 2.19 bits per heavy atom. The largest absolute Gasteiger partial charge is 0.444 e. The van der Waals surface area contributed by atoms with Crippen molar-refractivity contribution in [2.75, 3.05) is 13.6 Å². The lowest BCUT2D eigenvalue weighted by Gasteiger charge is -2.10. The molecule has 1 heterocycles. The van der Waals surface area contributed by atoms with Gasteiger partial charge in [-0.05, 0) is 39.5 Å². The zero-order valence-corrected chi connectivity index (χ0v) is 15.4. The molecule has 21 heavy (non-hydrogen) atoms. The van der Waals surface area contributed by atoms with Crippen LogP contribution in [0.2, 0.25) is 0 Å². The minimum absolute atomic E-state index is 0. The number of rotatable bonds is 5. The monoisotopic (exact) mass is 404 g/mol. The second-order valence-corrected chi connectivity index (χ2v) is 5.11. The van der Waals surface area contributed by atoms with E-state index in [1.807, 2.05) is 13.8 Å². The van der Waals surface area contributed by atoms with E-state index in [0.717, 1.165) is 30.4 Å². The lowest BCUT2D eigenvalue weighted by atomic mass is 10.2. The molecule has 6 heteroatoms. The molecule has 0 atom stereocenters. The average molecular weight is 404 g/mol.